The SMILES string of the molecule is O=c1c2ccc(-c3cccc(-n4c5ccc(-c6ccccc6)cc5c5cc(-c6ccccc6)ccc54)c3)cc2c2cccc3c4ccccc4n1c23. The van der Waals surface area contributed by atoms with Crippen LogP contribution in [0.15, 0.2) is 187 Å². The maximum absolute atomic E-state index is 14.1. The van der Waals surface area contributed by atoms with E-state index in [1.807, 2.05) is 28.7 Å². The Hall–Kier alpha value is -6.97. The molecule has 8 aromatic carbocycles. The Morgan fingerprint density at radius 2 is 0.808 bits per heavy atom. The van der Waals surface area contributed by atoms with Gasteiger partial charge in [0.15, 0.2) is 0 Å². The predicted molar refractivity (Wildman–Crippen MR) is 218 cm³/mol. The molecule has 0 unspecified atom stereocenters. The molecule has 0 fully saturated rings. The van der Waals surface area contributed by atoms with Crippen LogP contribution in [0.1, 0.15) is 0 Å². The van der Waals surface area contributed by atoms with Gasteiger partial charge in [-0.25, -0.2) is 0 Å². The zero-order chi connectivity index (χ0) is 34.3. The molecule has 11 rings (SSSR count). The minimum Gasteiger partial charge on any atom is -0.309 e. The van der Waals surface area contributed by atoms with Crippen molar-refractivity contribution in [2.24, 2.45) is 0 Å². The summed E-state index contributed by atoms with van der Waals surface area (Å²) in [7, 11) is 0. The lowest BCUT2D eigenvalue weighted by Crippen LogP contribution is -2.12. The van der Waals surface area contributed by atoms with Crippen molar-refractivity contribution >= 4 is 59.8 Å². The summed E-state index contributed by atoms with van der Waals surface area (Å²) in [6.45, 7) is 0. The first-order valence-corrected chi connectivity index (χ1v) is 17.7. The number of hydrogen-bond donors (Lipinski definition) is 0. The Kier molecular flexibility index (Phi) is 6.11. The summed E-state index contributed by atoms with van der Waals surface area (Å²) < 4.78 is 4.29. The van der Waals surface area contributed by atoms with E-state index in [-0.39, 0.29) is 5.56 Å². The van der Waals surface area contributed by atoms with Crippen LogP contribution in [-0.2, 0) is 0 Å². The summed E-state index contributed by atoms with van der Waals surface area (Å²) in [5.41, 5.74) is 12.4. The average molecular weight is 663 g/mol. The van der Waals surface area contributed by atoms with Crippen LogP contribution >= 0.6 is 0 Å². The van der Waals surface area contributed by atoms with Crippen molar-refractivity contribution in [3.05, 3.63) is 192 Å². The smallest absolute Gasteiger partial charge is 0.263 e. The quantitative estimate of drug-likeness (QED) is 0.172. The lowest BCUT2D eigenvalue weighted by atomic mass is 9.98. The van der Waals surface area contributed by atoms with Gasteiger partial charge in [0.1, 0.15) is 0 Å². The summed E-state index contributed by atoms with van der Waals surface area (Å²) in [6, 6.07) is 64.5. The molecule has 0 aliphatic heterocycles. The van der Waals surface area contributed by atoms with Crippen LogP contribution in [0.25, 0.3) is 98.8 Å². The second-order valence-corrected chi connectivity index (χ2v) is 13.7. The summed E-state index contributed by atoms with van der Waals surface area (Å²) in [5.74, 6) is 0. The molecule has 0 saturated carbocycles. The van der Waals surface area contributed by atoms with E-state index in [1.165, 1.54) is 33.0 Å². The Morgan fingerprint density at radius 3 is 1.50 bits per heavy atom. The second kappa shape index (κ2) is 11.0. The normalized spacial score (nSPS) is 11.9. The zero-order valence-electron chi connectivity index (χ0n) is 28.1. The van der Waals surface area contributed by atoms with Gasteiger partial charge in [-0.15, -0.1) is 0 Å². The van der Waals surface area contributed by atoms with E-state index in [2.05, 4.69) is 162 Å². The zero-order valence-corrected chi connectivity index (χ0v) is 28.1. The van der Waals surface area contributed by atoms with Gasteiger partial charge in [-0.05, 0) is 93.4 Å². The number of aromatic nitrogens is 2. The monoisotopic (exact) mass is 662 g/mol. The number of fused-ring (bicyclic) bond motifs is 8. The van der Waals surface area contributed by atoms with E-state index >= 15 is 0 Å². The van der Waals surface area contributed by atoms with Gasteiger partial charge in [-0.2, -0.15) is 0 Å². The van der Waals surface area contributed by atoms with Crippen LogP contribution in [0.3, 0.4) is 0 Å². The van der Waals surface area contributed by atoms with Gasteiger partial charge in [0.05, 0.1) is 22.1 Å². The number of nitrogens with zero attached hydrogens (tertiary/aromatic N) is 2. The third-order valence-corrected chi connectivity index (χ3v) is 10.9. The van der Waals surface area contributed by atoms with E-state index in [9.17, 15) is 4.79 Å². The van der Waals surface area contributed by atoms with Gasteiger partial charge in [0.25, 0.3) is 5.56 Å². The van der Waals surface area contributed by atoms with Crippen LogP contribution in [-0.4, -0.2) is 8.97 Å². The van der Waals surface area contributed by atoms with Gasteiger partial charge < -0.3 is 4.57 Å². The molecule has 0 saturated heterocycles. The van der Waals surface area contributed by atoms with E-state index in [0.29, 0.717) is 0 Å². The van der Waals surface area contributed by atoms with Crippen molar-refractivity contribution < 1.29 is 0 Å². The summed E-state index contributed by atoms with van der Waals surface area (Å²) in [5, 5.41) is 7.44. The molecule has 0 N–H and O–H groups in total. The van der Waals surface area contributed by atoms with Crippen molar-refractivity contribution in [3.63, 3.8) is 0 Å². The highest BCUT2D eigenvalue weighted by atomic mass is 16.1. The summed E-state index contributed by atoms with van der Waals surface area (Å²) in [6.07, 6.45) is 0. The lowest BCUT2D eigenvalue weighted by molar-refractivity contribution is 1.18. The molecule has 3 heterocycles. The van der Waals surface area contributed by atoms with Crippen molar-refractivity contribution in [1.29, 1.82) is 0 Å². The highest BCUT2D eigenvalue weighted by Crippen LogP contribution is 2.39. The standard InChI is InChI=1S/C49H30N2O/c52-49-41-24-21-36(28-42(41)40-19-10-18-39-38-17-7-8-20-45(38)51(49)48(39)40)33-15-9-16-37(27-33)50-46-25-22-34(31-11-3-1-4-12-31)29-43(46)44-30-35(23-26-47(44)50)32-13-5-2-6-14-32/h1-30H. The number of hydrogen-bond acceptors (Lipinski definition) is 1. The number of benzene rings is 8. The molecule has 0 spiro atoms. The maximum atomic E-state index is 14.1. The molecular weight excluding hydrogens is 633 g/mol. The third kappa shape index (κ3) is 4.17. The highest BCUT2D eigenvalue weighted by molar-refractivity contribution is 6.20. The molecule has 3 aromatic heterocycles. The van der Waals surface area contributed by atoms with Crippen molar-refractivity contribution in [2.45, 2.75) is 0 Å². The number of pyridine rings is 1. The molecule has 0 radical (unpaired) electrons. The summed E-state index contributed by atoms with van der Waals surface area (Å²) in [4.78, 5) is 14.1. The largest absolute Gasteiger partial charge is 0.309 e. The topological polar surface area (TPSA) is 26.4 Å². The van der Waals surface area contributed by atoms with Gasteiger partial charge in [0.2, 0.25) is 0 Å². The fourth-order valence-electron chi connectivity index (χ4n) is 8.45. The average Bonchev–Trinajstić information content (AvgIpc) is 3.73. The summed E-state index contributed by atoms with van der Waals surface area (Å²) >= 11 is 0. The Labute approximate surface area is 299 Å². The molecule has 11 aromatic rings. The van der Waals surface area contributed by atoms with Gasteiger partial charge in [-0.1, -0.05) is 127 Å². The van der Waals surface area contributed by atoms with Crippen LogP contribution in [0.5, 0.6) is 0 Å². The van der Waals surface area contributed by atoms with E-state index in [0.717, 1.165) is 65.8 Å². The fraction of sp³-hybridized carbons (Fsp3) is 0. The molecule has 0 bridgehead atoms. The molecule has 0 aliphatic rings. The van der Waals surface area contributed by atoms with Gasteiger partial charge in [-0.3, -0.25) is 9.20 Å². The second-order valence-electron chi connectivity index (χ2n) is 13.7. The molecule has 0 atom stereocenters. The first-order valence-electron chi connectivity index (χ1n) is 17.7. The van der Waals surface area contributed by atoms with Crippen molar-refractivity contribution in [1.82, 2.24) is 8.97 Å². The Balaban J connectivity index is 1.12. The number of para-hydroxylation sites is 2. The van der Waals surface area contributed by atoms with Crippen LogP contribution < -0.4 is 5.56 Å². The van der Waals surface area contributed by atoms with Gasteiger partial charge in [0, 0.05) is 38.0 Å². The number of rotatable bonds is 4. The van der Waals surface area contributed by atoms with Crippen molar-refractivity contribution in [3.8, 4) is 39.1 Å². The Morgan fingerprint density at radius 1 is 0.308 bits per heavy atom. The van der Waals surface area contributed by atoms with Crippen molar-refractivity contribution in [2.75, 3.05) is 0 Å². The molecule has 3 heteroatoms. The molecule has 0 aliphatic carbocycles. The highest BCUT2D eigenvalue weighted by Gasteiger charge is 2.18. The maximum Gasteiger partial charge on any atom is 0.263 e. The van der Waals surface area contributed by atoms with E-state index in [4.69, 9.17) is 0 Å². The minimum absolute atomic E-state index is 0.0234. The first kappa shape index (κ1) is 28.8. The minimum atomic E-state index is 0.0234. The van der Waals surface area contributed by atoms with E-state index in [1.54, 1.807) is 0 Å². The molecule has 3 nitrogen and oxygen atoms in total. The Bertz CT molecular complexity index is 3150. The van der Waals surface area contributed by atoms with Gasteiger partial charge >= 0.3 is 0 Å². The van der Waals surface area contributed by atoms with E-state index < -0.39 is 0 Å². The predicted octanol–water partition coefficient (Wildman–Crippen LogP) is 12.3. The molecule has 242 valence electrons. The molecular formula is C49H30N2O. The van der Waals surface area contributed by atoms with Crippen LogP contribution in [0.4, 0.5) is 0 Å². The molecule has 0 amide bonds. The van der Waals surface area contributed by atoms with Crippen LogP contribution in [0, 0.1) is 0 Å². The molecule has 52 heavy (non-hydrogen) atoms. The third-order valence-electron chi connectivity index (χ3n) is 10.9. The lowest BCUT2D eigenvalue weighted by Gasteiger charge is -2.12. The fourth-order valence-corrected chi connectivity index (χ4v) is 8.45. The van der Waals surface area contributed by atoms with Crippen LogP contribution in [0.2, 0.25) is 0 Å². The first-order chi connectivity index (χ1) is 25.7.